The lowest BCUT2D eigenvalue weighted by Gasteiger charge is -2.51. The number of hydrogen-bond acceptors (Lipinski definition) is 34. The summed E-state index contributed by atoms with van der Waals surface area (Å²) < 4.78 is 161. The molecule has 6 fully saturated rings. The molecule has 40 nitrogen and oxygen atoms in total. The van der Waals surface area contributed by atoms with Crippen molar-refractivity contribution in [1.29, 1.82) is 0 Å². The van der Waals surface area contributed by atoms with Gasteiger partial charge in [0.05, 0.1) is 103 Å². The number of hydrogen-bond donors (Lipinski definition) is 13. The van der Waals surface area contributed by atoms with Crippen molar-refractivity contribution in [3.8, 4) is 29.3 Å². The lowest BCUT2D eigenvalue weighted by molar-refractivity contribution is -0.134. The highest BCUT2D eigenvalue weighted by Gasteiger charge is 2.53. The van der Waals surface area contributed by atoms with Crippen LogP contribution in [0.15, 0.2) is 65.6 Å². The van der Waals surface area contributed by atoms with E-state index in [4.69, 9.17) is 56.3 Å². The molecule has 9 aromatic heterocycles. The number of fused-ring (bicyclic) bond motifs is 9. The summed E-state index contributed by atoms with van der Waals surface area (Å²) in [5.41, 5.74) is 18.3. The Morgan fingerprint density at radius 2 is 0.855 bits per heavy atom. The minimum absolute atomic E-state index is 0. The molecule has 18 rings (SSSR count). The molecule has 3 aromatic carbocycles. The Balaban J connectivity index is 0.000000205. The van der Waals surface area contributed by atoms with E-state index in [9.17, 15) is 49.8 Å². The first-order valence-corrected chi connectivity index (χ1v) is 46.4. The zero-order chi connectivity index (χ0) is 97.9. The maximum Gasteiger partial charge on any atom is 0.414 e. The number of carboxylic acids is 1. The van der Waals surface area contributed by atoms with Gasteiger partial charge < -0.3 is 97.1 Å². The van der Waals surface area contributed by atoms with E-state index >= 15 is 13.2 Å². The molecule has 3 aliphatic carbocycles. The van der Waals surface area contributed by atoms with Crippen LogP contribution in [0.4, 0.5) is 64.6 Å². The van der Waals surface area contributed by atoms with Gasteiger partial charge in [0, 0.05) is 132 Å². The van der Waals surface area contributed by atoms with E-state index in [1.54, 1.807) is 69.4 Å². The largest absolute Gasteiger partial charge is 0.505 e. The second kappa shape index (κ2) is 42.4. The van der Waals surface area contributed by atoms with Gasteiger partial charge in [-0.2, -0.15) is 19.9 Å². The first-order chi connectivity index (χ1) is 62.7. The number of rotatable bonds is 14. The molecule has 2 amide bonds. The van der Waals surface area contributed by atoms with Gasteiger partial charge in [-0.05, 0) is 101 Å². The van der Waals surface area contributed by atoms with Crippen LogP contribution in [-0.2, 0) is 33.9 Å². The quantitative estimate of drug-likeness (QED) is 0.0273. The van der Waals surface area contributed by atoms with Crippen LogP contribution >= 0.6 is 24.8 Å². The Morgan fingerprint density at radius 1 is 0.522 bits per heavy atom. The molecule has 12 heterocycles. The van der Waals surface area contributed by atoms with Gasteiger partial charge in [0.25, 0.3) is 5.97 Å². The standard InChI is InChI=1S/C29H34F2N8O4.C24H26F2N8O2.C18H20F2N4O6S2.C7H14N2.C6H8N2O2.C2H4O2.2CH4.2ClH/c1-14(40)23-33-10-15(11-34-23)42-26-36-24-20(25(37-26)39-12-29(13-39)8-6-7-18(29)32)19-21(31)16(30)9-17(22(19)35-24)38(5)27(41)43-28(2,3)4;1-11(35)20-29-7-12(8-30-20)36-23-32-21-17(16-18(26)13(25)6-14(28-2)19(16)31-21)22(33-23)34-9-24(10-34)5-3-4-15(24)27;1-18(2,3)30-17(25)24(4)9-7-8(19)12(20)10-11-14(21-13(9)10)22-16(32(6,28)29)23-15(11)31(5,26)27;8-6-2-1-3-7(6)4-9-5-7;1-4(9)6-7-2-5(10)3-8-6;1-2(3)4;;;;/h9-11,14,18,40H,6-8,12-13,32H2,1-5H3,(H,35,36,37);6-8,11,15,28,35H,3-5,9-10,27H2,1-2H3,(H,31,32,33);7H,1-6H3,(H,21,22,23);6,9H,1-5,8H2;2-4,9-10H,1H3;1H3,(H,3,4);2*1H4;2*1H. The predicted octanol–water partition coefficient (Wildman–Crippen LogP) is 13.2. The fourth-order valence-corrected chi connectivity index (χ4v) is 18.3. The van der Waals surface area contributed by atoms with Gasteiger partial charge in [0.15, 0.2) is 84.5 Å². The Labute approximate surface area is 802 Å². The number of nitrogens with one attached hydrogen (secondary N) is 5. The summed E-state index contributed by atoms with van der Waals surface area (Å²) in [4.78, 5) is 98.5. The molecule has 6 unspecified atom stereocenters. The number of nitrogens with zero attached hydrogens (tertiary/aromatic N) is 16. The van der Waals surface area contributed by atoms with Crippen LogP contribution in [0.3, 0.4) is 0 Å². The smallest absolute Gasteiger partial charge is 0.414 e. The summed E-state index contributed by atoms with van der Waals surface area (Å²) in [6.45, 7) is 20.6. The third-order valence-electron chi connectivity index (χ3n) is 23.7. The first kappa shape index (κ1) is 110. The number of halogens is 8. The molecular weight excluding hydrogens is 1900 g/mol. The summed E-state index contributed by atoms with van der Waals surface area (Å²) in [6, 6.07) is 3.32. The maximum absolute atomic E-state index is 15.7. The van der Waals surface area contributed by atoms with Gasteiger partial charge in [-0.25, -0.2) is 92.6 Å². The number of anilines is 5. The number of aliphatic hydroxyl groups is 3. The predicted molar refractivity (Wildman–Crippen MR) is 510 cm³/mol. The summed E-state index contributed by atoms with van der Waals surface area (Å²) >= 11 is 0. The zero-order valence-corrected chi connectivity index (χ0v) is 80.0. The SMILES string of the molecule is C.C.CC(=O)O.CC(O)c1ncc(O)cn1.CC(O)c1ncc(Oc2nc(N3CC4(CCCC4N)C3)c3c(n2)[nH]c2c(N(C)C(=O)OC(C)(C)C)cc(F)c(F)c23)cn1.CN(C(=O)OC(C)(C)C)c1cc(F)c(F)c2c1[nH]c1nc(S(C)(=O)=O)nc(S(C)(=O)=O)c12.CNc1cc(F)c(F)c2c1[nH]c1nc(Oc3cnc(C(C)O)nc3)nc(N3CC4(CCCC4N)C3)c12.Cl.Cl.NC1CCCC12CNC2. The van der Waals surface area contributed by atoms with Crippen molar-refractivity contribution in [3.63, 3.8) is 0 Å². The maximum atomic E-state index is 15.7. The van der Waals surface area contributed by atoms with Gasteiger partial charge in [0.1, 0.15) is 58.1 Å². The number of amides is 2. The number of carbonyl (C=O) groups excluding carboxylic acids is 2. The first-order valence-electron chi connectivity index (χ1n) is 42.6. The number of aromatic amines is 3. The number of H-pyrrole nitrogens is 3. The topological polar surface area (TPSA) is 575 Å². The van der Waals surface area contributed by atoms with Crippen LogP contribution in [-0.4, -0.2) is 238 Å². The number of sulfone groups is 2. The Morgan fingerprint density at radius 3 is 1.17 bits per heavy atom. The van der Waals surface area contributed by atoms with Gasteiger partial charge >= 0.3 is 24.2 Å². The molecule has 0 radical (unpaired) electrons. The van der Waals surface area contributed by atoms with Crippen LogP contribution < -0.4 is 56.9 Å². The van der Waals surface area contributed by atoms with Crippen molar-refractivity contribution in [2.75, 3.05) is 97.8 Å². The second-order valence-electron chi connectivity index (χ2n) is 36.2. The molecule has 16 N–H and O–H groups in total. The highest BCUT2D eigenvalue weighted by Crippen LogP contribution is 2.52. The van der Waals surface area contributed by atoms with Gasteiger partial charge in [-0.1, -0.05) is 34.1 Å². The molecule has 12 aromatic rings. The van der Waals surface area contributed by atoms with Gasteiger partial charge in [0.2, 0.25) is 15.0 Å². The van der Waals surface area contributed by atoms with Crippen molar-refractivity contribution in [1.82, 2.24) is 80.1 Å². The third-order valence-corrected chi connectivity index (χ3v) is 25.5. The summed E-state index contributed by atoms with van der Waals surface area (Å²) in [7, 11) is -3.96. The molecule has 3 saturated heterocycles. The van der Waals surface area contributed by atoms with E-state index in [2.05, 4.69) is 85.4 Å². The van der Waals surface area contributed by atoms with Crippen LogP contribution in [0, 0.1) is 51.1 Å². The van der Waals surface area contributed by atoms with E-state index in [1.165, 1.54) is 83.6 Å². The minimum Gasteiger partial charge on any atom is -0.505 e. The summed E-state index contributed by atoms with van der Waals surface area (Å²) in [6.07, 6.45) is 15.6. The fraction of sp³-hybridized carbons (Fsp3) is 0.489. The minimum atomic E-state index is -4.21. The molecule has 0 bridgehead atoms. The molecule has 6 aliphatic rings. The van der Waals surface area contributed by atoms with Crippen molar-refractivity contribution >= 4 is 157 Å². The number of ether oxygens (including phenoxy) is 4. The van der Waals surface area contributed by atoms with Crippen LogP contribution in [0.25, 0.3) is 65.8 Å². The molecular formula is C88H116Cl2F6N24O16S2. The van der Waals surface area contributed by atoms with E-state index < -0.39 is 123 Å². The number of aromatic hydroxyl groups is 1. The third kappa shape index (κ3) is 23.1. The van der Waals surface area contributed by atoms with E-state index in [-0.39, 0.29) is 153 Å². The molecule has 752 valence electrons. The number of carboxylic acid groups (broad SMARTS) is 1. The van der Waals surface area contributed by atoms with E-state index in [0.29, 0.717) is 77.3 Å². The van der Waals surface area contributed by atoms with Crippen molar-refractivity contribution in [2.24, 2.45) is 33.4 Å². The van der Waals surface area contributed by atoms with Crippen LogP contribution in [0.2, 0.25) is 0 Å². The Bertz CT molecular complexity index is 6710. The van der Waals surface area contributed by atoms with Gasteiger partial charge in [-0.15, -0.1) is 24.8 Å². The monoisotopic (exact) mass is 2010 g/mol. The number of nitrogens with two attached hydrogens (primary N) is 3. The highest BCUT2D eigenvalue weighted by atomic mass is 35.5. The van der Waals surface area contributed by atoms with E-state index in [0.717, 1.165) is 86.0 Å². The Kier molecular flexibility index (Phi) is 33.8. The highest BCUT2D eigenvalue weighted by molar-refractivity contribution is 7.91. The molecule has 138 heavy (non-hydrogen) atoms. The number of aliphatic carboxylic acids is 1. The number of benzene rings is 3. The van der Waals surface area contributed by atoms with Crippen molar-refractivity contribution in [3.05, 3.63) is 108 Å². The van der Waals surface area contributed by atoms with Gasteiger partial charge in [-0.3, -0.25) is 14.6 Å². The lowest BCUT2D eigenvalue weighted by Crippen LogP contribution is -2.62. The summed E-state index contributed by atoms with van der Waals surface area (Å²) in [5.74, 6) is -5.75. The number of carbonyl (C=O) groups is 3. The molecule has 50 heteroatoms. The molecule has 6 atom stereocenters. The van der Waals surface area contributed by atoms with Crippen molar-refractivity contribution in [2.45, 2.75) is 200 Å². The number of aromatic nitrogens is 15. The van der Waals surface area contributed by atoms with Crippen LogP contribution in [0.1, 0.15) is 178 Å². The zero-order valence-electron chi connectivity index (χ0n) is 76.8. The fourth-order valence-electron chi connectivity index (χ4n) is 16.9. The normalized spacial score (nSPS) is 17.7. The molecule has 3 spiro atoms. The Hall–Kier alpha value is -11.9. The average molecular weight is 2020 g/mol. The average Bonchev–Trinajstić information content (AvgIpc) is 1.56. The summed E-state index contributed by atoms with van der Waals surface area (Å²) in [5, 5.41) is 48.6. The lowest BCUT2D eigenvalue weighted by atomic mass is 9.75. The van der Waals surface area contributed by atoms with Crippen LogP contribution in [0.5, 0.6) is 29.3 Å². The van der Waals surface area contributed by atoms with E-state index in [1.807, 2.05) is 9.80 Å². The second-order valence-corrected chi connectivity index (χ2v) is 40.1. The number of aliphatic hydroxyl groups excluding tert-OH is 3. The van der Waals surface area contributed by atoms with Crippen molar-refractivity contribution < 1.29 is 102 Å². The molecule has 3 aliphatic heterocycles. The molecule has 3 saturated carbocycles.